The number of aromatic nitrogens is 1. The van der Waals surface area contributed by atoms with Crippen LogP contribution in [-0.4, -0.2) is 23.2 Å². The molecule has 1 aromatic heterocycles. The Morgan fingerprint density at radius 1 is 1.69 bits per heavy atom. The van der Waals surface area contributed by atoms with E-state index in [1.807, 2.05) is 0 Å². The van der Waals surface area contributed by atoms with Gasteiger partial charge in [-0.05, 0) is 24.1 Å². The Hall–Kier alpha value is -1.42. The molecular weight excluding hydrogens is 170 g/mol. The van der Waals surface area contributed by atoms with E-state index in [1.54, 1.807) is 13.0 Å². The number of aliphatic hydroxyl groups excluding tert-OH is 1. The number of esters is 1. The number of pyridine rings is 1. The van der Waals surface area contributed by atoms with Crippen LogP contribution >= 0.6 is 0 Å². The van der Waals surface area contributed by atoms with Crippen molar-refractivity contribution in [3.8, 4) is 0 Å². The molecular formula is C9H11NO3. The third-order valence-electron chi connectivity index (χ3n) is 1.70. The molecule has 1 heterocycles. The smallest absolute Gasteiger partial charge is 0.356 e. The van der Waals surface area contributed by atoms with Crippen LogP contribution in [0.3, 0.4) is 0 Å². The topological polar surface area (TPSA) is 59.4 Å². The molecule has 70 valence electrons. The molecule has 13 heavy (non-hydrogen) atoms. The number of ether oxygens (including phenoxy) is 1. The van der Waals surface area contributed by atoms with Gasteiger partial charge in [0.1, 0.15) is 0 Å². The molecule has 0 aliphatic carbocycles. The van der Waals surface area contributed by atoms with Crippen molar-refractivity contribution in [2.45, 2.75) is 13.5 Å². The van der Waals surface area contributed by atoms with Crippen molar-refractivity contribution >= 4 is 5.97 Å². The molecule has 0 atom stereocenters. The van der Waals surface area contributed by atoms with Crippen molar-refractivity contribution in [3.05, 3.63) is 29.1 Å². The van der Waals surface area contributed by atoms with E-state index in [-0.39, 0.29) is 6.61 Å². The summed E-state index contributed by atoms with van der Waals surface area (Å²) in [6, 6.07) is 1.71. The maximum Gasteiger partial charge on any atom is 0.356 e. The number of nitrogens with zero attached hydrogens (tertiary/aromatic N) is 1. The van der Waals surface area contributed by atoms with Gasteiger partial charge >= 0.3 is 5.97 Å². The summed E-state index contributed by atoms with van der Waals surface area (Å²) >= 11 is 0. The van der Waals surface area contributed by atoms with Gasteiger partial charge in [-0.3, -0.25) is 0 Å². The van der Waals surface area contributed by atoms with Crippen molar-refractivity contribution in [1.29, 1.82) is 0 Å². The summed E-state index contributed by atoms with van der Waals surface area (Å²) in [6.45, 7) is 1.67. The normalized spacial score (nSPS) is 9.77. The third kappa shape index (κ3) is 2.03. The Kier molecular flexibility index (Phi) is 2.97. The monoisotopic (exact) mass is 181 g/mol. The molecule has 0 unspecified atom stereocenters. The van der Waals surface area contributed by atoms with Crippen LogP contribution in [0.25, 0.3) is 0 Å². The van der Waals surface area contributed by atoms with Gasteiger partial charge in [-0.25, -0.2) is 9.78 Å². The molecule has 0 amide bonds. The van der Waals surface area contributed by atoms with E-state index in [0.717, 1.165) is 0 Å². The maximum absolute atomic E-state index is 11.1. The van der Waals surface area contributed by atoms with E-state index in [0.29, 0.717) is 16.8 Å². The van der Waals surface area contributed by atoms with Crippen LogP contribution in [0.5, 0.6) is 0 Å². The fourth-order valence-electron chi connectivity index (χ4n) is 1.03. The Morgan fingerprint density at radius 3 is 2.85 bits per heavy atom. The van der Waals surface area contributed by atoms with Gasteiger partial charge in [0.2, 0.25) is 0 Å². The van der Waals surface area contributed by atoms with Crippen LogP contribution in [0.4, 0.5) is 0 Å². The zero-order valence-electron chi connectivity index (χ0n) is 7.57. The number of methoxy groups -OCH3 is 1. The highest BCUT2D eigenvalue weighted by Gasteiger charge is 2.10. The lowest BCUT2D eigenvalue weighted by molar-refractivity contribution is 0.0593. The van der Waals surface area contributed by atoms with E-state index in [9.17, 15) is 4.79 Å². The first-order chi connectivity index (χ1) is 6.19. The molecule has 0 saturated carbocycles. The average Bonchev–Trinajstić information content (AvgIpc) is 2.16. The highest BCUT2D eigenvalue weighted by Crippen LogP contribution is 2.08. The highest BCUT2D eigenvalue weighted by atomic mass is 16.5. The highest BCUT2D eigenvalue weighted by molar-refractivity contribution is 5.88. The van der Waals surface area contributed by atoms with Crippen molar-refractivity contribution in [3.63, 3.8) is 0 Å². The molecule has 0 bridgehead atoms. The number of aliphatic hydroxyl groups is 1. The minimum absolute atomic E-state index is 0.0741. The Labute approximate surface area is 76.2 Å². The average molecular weight is 181 g/mol. The van der Waals surface area contributed by atoms with E-state index >= 15 is 0 Å². The summed E-state index contributed by atoms with van der Waals surface area (Å²) in [6.07, 6.45) is 1.46. The van der Waals surface area contributed by atoms with E-state index in [4.69, 9.17) is 5.11 Å². The molecule has 0 aliphatic heterocycles. The lowest BCUT2D eigenvalue weighted by atomic mass is 10.1. The molecule has 1 rings (SSSR count). The predicted molar refractivity (Wildman–Crippen MR) is 46.2 cm³/mol. The molecule has 0 aromatic carbocycles. The van der Waals surface area contributed by atoms with Crippen molar-refractivity contribution < 1.29 is 14.6 Å². The quantitative estimate of drug-likeness (QED) is 0.681. The SMILES string of the molecule is COC(=O)c1ncc(CO)cc1C. The van der Waals surface area contributed by atoms with Gasteiger partial charge in [0.05, 0.1) is 13.7 Å². The molecule has 0 fully saturated rings. The second kappa shape index (κ2) is 4.00. The van der Waals surface area contributed by atoms with Gasteiger partial charge in [0, 0.05) is 6.20 Å². The van der Waals surface area contributed by atoms with Crippen molar-refractivity contribution in [2.24, 2.45) is 0 Å². The largest absolute Gasteiger partial charge is 0.464 e. The zero-order chi connectivity index (χ0) is 9.84. The first kappa shape index (κ1) is 9.67. The fourth-order valence-corrected chi connectivity index (χ4v) is 1.03. The first-order valence-corrected chi connectivity index (χ1v) is 3.83. The molecule has 4 nitrogen and oxygen atoms in total. The Bertz CT molecular complexity index is 323. The number of hydrogen-bond donors (Lipinski definition) is 1. The molecule has 0 aliphatic rings. The van der Waals surface area contributed by atoms with Gasteiger partial charge in [-0.2, -0.15) is 0 Å². The van der Waals surface area contributed by atoms with E-state index in [2.05, 4.69) is 9.72 Å². The van der Waals surface area contributed by atoms with Crippen LogP contribution in [0.1, 0.15) is 21.6 Å². The van der Waals surface area contributed by atoms with E-state index < -0.39 is 5.97 Å². The molecule has 4 heteroatoms. The lowest BCUT2D eigenvalue weighted by Crippen LogP contribution is -2.07. The Morgan fingerprint density at radius 2 is 2.38 bits per heavy atom. The summed E-state index contributed by atoms with van der Waals surface area (Å²) < 4.78 is 4.53. The van der Waals surface area contributed by atoms with Crippen molar-refractivity contribution in [1.82, 2.24) is 4.98 Å². The van der Waals surface area contributed by atoms with Crippen molar-refractivity contribution in [2.75, 3.05) is 7.11 Å². The first-order valence-electron chi connectivity index (χ1n) is 3.83. The molecule has 0 saturated heterocycles. The minimum atomic E-state index is -0.456. The Balaban J connectivity index is 3.05. The summed E-state index contributed by atoms with van der Waals surface area (Å²) in [7, 11) is 1.31. The minimum Gasteiger partial charge on any atom is -0.464 e. The fraction of sp³-hybridized carbons (Fsp3) is 0.333. The van der Waals surface area contributed by atoms with Crippen LogP contribution < -0.4 is 0 Å². The number of hydrogen-bond acceptors (Lipinski definition) is 4. The third-order valence-corrected chi connectivity index (χ3v) is 1.70. The molecule has 0 spiro atoms. The summed E-state index contributed by atoms with van der Waals surface area (Å²) in [5, 5.41) is 8.79. The van der Waals surface area contributed by atoms with Crippen LogP contribution in [-0.2, 0) is 11.3 Å². The van der Waals surface area contributed by atoms with Gasteiger partial charge in [0.15, 0.2) is 5.69 Å². The molecule has 1 aromatic rings. The second-order valence-electron chi connectivity index (χ2n) is 2.66. The number of carbonyl (C=O) groups excluding carboxylic acids is 1. The standard InChI is InChI=1S/C9H11NO3/c1-6-3-7(5-11)4-10-8(6)9(12)13-2/h3-4,11H,5H2,1-2H3. The molecule has 1 N–H and O–H groups in total. The second-order valence-corrected chi connectivity index (χ2v) is 2.66. The van der Waals surface area contributed by atoms with E-state index in [1.165, 1.54) is 13.3 Å². The predicted octanol–water partition coefficient (Wildman–Crippen LogP) is 0.669. The zero-order valence-corrected chi connectivity index (χ0v) is 7.57. The van der Waals surface area contributed by atoms with Crippen LogP contribution in [0, 0.1) is 6.92 Å². The van der Waals surface area contributed by atoms with Gasteiger partial charge < -0.3 is 9.84 Å². The number of rotatable bonds is 2. The van der Waals surface area contributed by atoms with Gasteiger partial charge in [0.25, 0.3) is 0 Å². The summed E-state index contributed by atoms with van der Waals surface area (Å²) in [4.78, 5) is 15.0. The number of aryl methyl sites for hydroxylation is 1. The summed E-state index contributed by atoms with van der Waals surface area (Å²) in [5.74, 6) is -0.456. The van der Waals surface area contributed by atoms with Gasteiger partial charge in [-0.15, -0.1) is 0 Å². The maximum atomic E-state index is 11.1. The van der Waals surface area contributed by atoms with Gasteiger partial charge in [-0.1, -0.05) is 0 Å². The number of carbonyl (C=O) groups is 1. The van der Waals surface area contributed by atoms with Crippen LogP contribution in [0.2, 0.25) is 0 Å². The lowest BCUT2D eigenvalue weighted by Gasteiger charge is -2.03. The van der Waals surface area contributed by atoms with Crippen LogP contribution in [0.15, 0.2) is 12.3 Å². The molecule has 0 radical (unpaired) electrons. The summed E-state index contributed by atoms with van der Waals surface area (Å²) in [5.41, 5.74) is 1.68.